The van der Waals surface area contributed by atoms with Crippen LogP contribution in [0, 0.1) is 0 Å². The van der Waals surface area contributed by atoms with E-state index in [0.717, 1.165) is 61.1 Å². The summed E-state index contributed by atoms with van der Waals surface area (Å²) in [4.78, 5) is 10.3. The van der Waals surface area contributed by atoms with Gasteiger partial charge in [-0.15, -0.1) is 0 Å². The number of para-hydroxylation sites is 1. The first kappa shape index (κ1) is 41.5. The largest absolute Gasteiger partial charge is 0.507 e. The molecule has 0 fully saturated rings. The highest BCUT2D eigenvalue weighted by Crippen LogP contribution is 2.48. The maximum atomic E-state index is 15.3. The van der Waals surface area contributed by atoms with Crippen LogP contribution in [0.3, 0.4) is 0 Å². The summed E-state index contributed by atoms with van der Waals surface area (Å²) in [6.45, 7) is 17.4. The van der Waals surface area contributed by atoms with Crippen molar-refractivity contribution in [2.24, 2.45) is 0 Å². The summed E-state index contributed by atoms with van der Waals surface area (Å²) < 4.78 is 48.0. The Balaban J connectivity index is 1.55. The van der Waals surface area contributed by atoms with Crippen molar-refractivity contribution in [2.75, 3.05) is 0 Å². The monoisotopic (exact) mass is 815 g/mol. The number of nitrogens with zero attached hydrogens (tertiary/aromatic N) is 3. The summed E-state index contributed by atoms with van der Waals surface area (Å²) in [5.41, 5.74) is 7.94. The molecule has 0 aliphatic heterocycles. The number of phenols is 1. The molecule has 0 aliphatic rings. The van der Waals surface area contributed by atoms with Crippen molar-refractivity contribution in [1.29, 1.82) is 0 Å². The summed E-state index contributed by atoms with van der Waals surface area (Å²) in [6, 6.07) is 41.3. The fourth-order valence-corrected chi connectivity index (χ4v) is 8.34. The molecule has 8 aromatic rings. The highest BCUT2D eigenvalue weighted by atomic mass is 19.4. The summed E-state index contributed by atoms with van der Waals surface area (Å²) in [7, 11) is 0. The van der Waals surface area contributed by atoms with Crippen LogP contribution in [-0.2, 0) is 10.8 Å². The van der Waals surface area contributed by atoms with Crippen molar-refractivity contribution in [3.8, 4) is 56.3 Å². The van der Waals surface area contributed by atoms with Crippen LogP contribution in [0.15, 0.2) is 134 Å². The van der Waals surface area contributed by atoms with Gasteiger partial charge in [0.1, 0.15) is 11.6 Å². The van der Waals surface area contributed by atoms with E-state index in [4.69, 9.17) is 9.97 Å². The molecule has 0 radical (unpaired) electrons. The van der Waals surface area contributed by atoms with Crippen LogP contribution in [0.4, 0.5) is 13.2 Å². The van der Waals surface area contributed by atoms with Gasteiger partial charge in [0, 0.05) is 17.3 Å². The van der Waals surface area contributed by atoms with Crippen LogP contribution in [0.2, 0.25) is 0 Å². The van der Waals surface area contributed by atoms with Crippen LogP contribution >= 0.6 is 0 Å². The third kappa shape index (κ3) is 7.49. The van der Waals surface area contributed by atoms with Crippen molar-refractivity contribution in [2.45, 2.75) is 91.2 Å². The van der Waals surface area contributed by atoms with Gasteiger partial charge in [-0.05, 0) is 123 Å². The number of fused-ring (bicyclic) bond motifs is 2. The van der Waals surface area contributed by atoms with Crippen molar-refractivity contribution in [1.82, 2.24) is 14.5 Å². The van der Waals surface area contributed by atoms with E-state index >= 15 is 13.2 Å². The lowest BCUT2D eigenvalue weighted by molar-refractivity contribution is -0.180. The Morgan fingerprint density at radius 3 is 1.92 bits per heavy atom. The first-order chi connectivity index (χ1) is 28.8. The van der Waals surface area contributed by atoms with Gasteiger partial charge in [-0.3, -0.25) is 9.55 Å². The zero-order valence-corrected chi connectivity index (χ0v) is 36.3. The van der Waals surface area contributed by atoms with Crippen LogP contribution in [0.25, 0.3) is 72.4 Å². The number of phenolic OH excluding ortho intramolecular Hbond substituents is 1. The van der Waals surface area contributed by atoms with E-state index in [-0.39, 0.29) is 28.6 Å². The Labute approximate surface area is 356 Å². The van der Waals surface area contributed by atoms with E-state index < -0.39 is 11.6 Å². The van der Waals surface area contributed by atoms with Crippen molar-refractivity contribution in [3.63, 3.8) is 0 Å². The quantitative estimate of drug-likeness (QED) is 0.166. The predicted molar refractivity (Wildman–Crippen MR) is 246 cm³/mol. The topological polar surface area (TPSA) is 50.9 Å². The number of alkyl halides is 3. The van der Waals surface area contributed by atoms with Gasteiger partial charge in [0.2, 0.25) is 0 Å². The second kappa shape index (κ2) is 15.4. The Bertz CT molecular complexity index is 2910. The van der Waals surface area contributed by atoms with Gasteiger partial charge in [0.25, 0.3) is 0 Å². The minimum atomic E-state index is -4.57. The maximum Gasteiger partial charge on any atom is 0.397 e. The SMILES string of the molecule is CC(C)c1cccc(C(C)C)c1-n1c(-c2c(O)ccc3ccccc23)nc2c(-c3cc(-c4cc(-c5ccccc5)ccn4)cc(C(C)(C)C)c3)cc(C(C)(C)C(F)(F)F)cc21. The molecule has 4 nitrogen and oxygen atoms in total. The first-order valence-electron chi connectivity index (χ1n) is 21.0. The van der Waals surface area contributed by atoms with Gasteiger partial charge < -0.3 is 5.11 Å². The zero-order chi connectivity index (χ0) is 43.6. The Kier molecular flexibility index (Phi) is 10.5. The average molecular weight is 816 g/mol. The molecule has 2 aromatic heterocycles. The fraction of sp³-hybridized carbons (Fsp3) is 0.259. The number of imidazole rings is 1. The number of halogens is 3. The molecule has 2 heterocycles. The minimum absolute atomic E-state index is 0.0298. The van der Waals surface area contributed by atoms with Crippen LogP contribution < -0.4 is 0 Å². The van der Waals surface area contributed by atoms with E-state index in [1.54, 1.807) is 24.4 Å². The van der Waals surface area contributed by atoms with E-state index in [0.29, 0.717) is 28.0 Å². The lowest BCUT2D eigenvalue weighted by atomic mass is 9.80. The molecule has 0 aliphatic carbocycles. The number of aromatic hydroxyl groups is 1. The van der Waals surface area contributed by atoms with Gasteiger partial charge in [-0.1, -0.05) is 133 Å². The highest BCUT2D eigenvalue weighted by Gasteiger charge is 2.49. The zero-order valence-electron chi connectivity index (χ0n) is 36.3. The van der Waals surface area contributed by atoms with E-state index in [1.807, 2.05) is 71.3 Å². The van der Waals surface area contributed by atoms with Gasteiger partial charge in [-0.25, -0.2) is 4.98 Å². The van der Waals surface area contributed by atoms with Gasteiger partial charge in [0.15, 0.2) is 0 Å². The third-order valence-corrected chi connectivity index (χ3v) is 12.2. The molecular weight excluding hydrogens is 764 g/mol. The summed E-state index contributed by atoms with van der Waals surface area (Å²) >= 11 is 0. The molecule has 0 saturated carbocycles. The molecule has 0 spiro atoms. The number of aromatic nitrogens is 3. The normalized spacial score (nSPS) is 12.6. The Hall–Kier alpha value is -6.21. The molecule has 7 heteroatoms. The Morgan fingerprint density at radius 1 is 0.607 bits per heavy atom. The molecule has 0 bridgehead atoms. The van der Waals surface area contributed by atoms with Crippen molar-refractivity contribution >= 4 is 21.8 Å². The van der Waals surface area contributed by atoms with Gasteiger partial charge in [-0.2, -0.15) is 13.2 Å². The molecule has 0 amide bonds. The molecule has 8 rings (SSSR count). The second-order valence-corrected chi connectivity index (χ2v) is 18.4. The number of hydrogen-bond donors (Lipinski definition) is 1. The fourth-order valence-electron chi connectivity index (χ4n) is 8.34. The third-order valence-electron chi connectivity index (χ3n) is 12.2. The summed E-state index contributed by atoms with van der Waals surface area (Å²) in [5.74, 6) is 0.591. The van der Waals surface area contributed by atoms with Crippen molar-refractivity contribution in [3.05, 3.63) is 156 Å². The molecule has 0 atom stereocenters. The first-order valence-corrected chi connectivity index (χ1v) is 21.0. The second-order valence-electron chi connectivity index (χ2n) is 18.4. The standard InChI is InChI=1S/C54H52F3N3O/c1-32(2)41-20-15-21-42(33(3)4)50(41)60-46-31-40(53(8,9)54(55,56)57)30-44(49(46)59-51(60)48-43-19-14-13-18-35(43)22-23-47(48)61)37-26-38(28-39(27-37)52(5,6)7)45-29-36(24-25-58-45)34-16-11-10-12-17-34/h10-33,61H,1-9H3. The lowest BCUT2D eigenvalue weighted by Gasteiger charge is -2.29. The molecule has 310 valence electrons. The van der Waals surface area contributed by atoms with Crippen LogP contribution in [0.1, 0.15) is 96.4 Å². The highest BCUT2D eigenvalue weighted by molar-refractivity contribution is 6.03. The number of hydrogen-bond acceptors (Lipinski definition) is 3. The average Bonchev–Trinajstić information content (AvgIpc) is 3.61. The summed E-state index contributed by atoms with van der Waals surface area (Å²) in [5, 5.41) is 13.6. The molecule has 0 unspecified atom stereocenters. The predicted octanol–water partition coefficient (Wildman–Crippen LogP) is 15.3. The number of pyridine rings is 1. The number of rotatable bonds is 8. The van der Waals surface area contributed by atoms with E-state index in [1.165, 1.54) is 13.8 Å². The summed E-state index contributed by atoms with van der Waals surface area (Å²) in [6.07, 6.45) is -2.77. The van der Waals surface area contributed by atoms with E-state index in [2.05, 4.69) is 90.9 Å². The minimum Gasteiger partial charge on any atom is -0.507 e. The van der Waals surface area contributed by atoms with Gasteiger partial charge in [0.05, 0.1) is 33.4 Å². The molecular formula is C54H52F3N3O. The maximum absolute atomic E-state index is 15.3. The van der Waals surface area contributed by atoms with E-state index in [9.17, 15) is 5.11 Å². The lowest BCUT2D eigenvalue weighted by Crippen LogP contribution is -2.36. The van der Waals surface area contributed by atoms with Crippen molar-refractivity contribution < 1.29 is 18.3 Å². The number of benzene rings is 6. The molecule has 61 heavy (non-hydrogen) atoms. The molecule has 6 aromatic carbocycles. The van der Waals surface area contributed by atoms with Crippen LogP contribution in [0.5, 0.6) is 5.75 Å². The van der Waals surface area contributed by atoms with Crippen LogP contribution in [-0.4, -0.2) is 25.8 Å². The Morgan fingerprint density at radius 2 is 1.26 bits per heavy atom. The van der Waals surface area contributed by atoms with Gasteiger partial charge >= 0.3 is 6.18 Å². The molecule has 1 N–H and O–H groups in total. The molecule has 0 saturated heterocycles. The smallest absolute Gasteiger partial charge is 0.397 e.